The van der Waals surface area contributed by atoms with E-state index in [0.717, 1.165) is 12.8 Å². The molecule has 2 rings (SSSR count). The largest absolute Gasteiger partial charge is 0.508 e. The second-order valence-electron chi connectivity index (χ2n) is 12.9. The molecule has 0 bridgehead atoms. The Labute approximate surface area is 358 Å². The number of amides is 2. The van der Waals surface area contributed by atoms with Gasteiger partial charge in [-0.2, -0.15) is 9.49 Å². The average Bonchev–Trinajstić information content (AvgIpc) is 3.25. The van der Waals surface area contributed by atoms with Gasteiger partial charge in [0.15, 0.2) is 17.5 Å². The third-order valence-corrected chi connectivity index (χ3v) is 7.96. The molecular weight excluding hydrogens is 830 g/mol. The number of aromatic hydroxyl groups is 1. The summed E-state index contributed by atoms with van der Waals surface area (Å²) in [4.78, 5) is 28.2. The summed E-state index contributed by atoms with van der Waals surface area (Å²) in [5, 5.41) is 18.5. The fraction of sp³-hybridized carbons (Fsp3) is 0.561. The minimum atomic E-state index is -1.97. The van der Waals surface area contributed by atoms with Gasteiger partial charge in [0.25, 0.3) is 0 Å². The summed E-state index contributed by atoms with van der Waals surface area (Å²) in [6, 6.07) is 5.88. The van der Waals surface area contributed by atoms with Crippen molar-refractivity contribution in [1.82, 2.24) is 5.32 Å². The lowest BCUT2D eigenvalue weighted by Crippen LogP contribution is -2.29. The van der Waals surface area contributed by atoms with Crippen LogP contribution in [0.5, 0.6) is 11.5 Å². The number of benzene rings is 2. The van der Waals surface area contributed by atoms with Crippen LogP contribution in [0.25, 0.3) is 5.57 Å². The SMILES string of the molecule is C=C(C)c1c(F)c(F)c(F)c(OC(=O)CCOCCOCCOCCOCCOCCOCCOCCOCCN=C/C(CCCCNC(=O)Nc2ccc(O)cc2)=N\N)c1F. The molecule has 2 aromatic carbocycles. The highest BCUT2D eigenvalue weighted by Gasteiger charge is 2.28. The zero-order valence-electron chi connectivity index (χ0n) is 35.1. The number of phenols is 1. The van der Waals surface area contributed by atoms with E-state index in [2.05, 4.69) is 32.0 Å². The van der Waals surface area contributed by atoms with Gasteiger partial charge in [-0.3, -0.25) is 9.79 Å². The summed E-state index contributed by atoms with van der Waals surface area (Å²) in [6.45, 7) is 10.7. The molecule has 0 atom stereocenters. The molecule has 0 aliphatic heterocycles. The first-order valence-electron chi connectivity index (χ1n) is 20.0. The number of nitrogens with zero attached hydrogens (tertiary/aromatic N) is 2. The Hall–Kier alpha value is -4.74. The predicted molar refractivity (Wildman–Crippen MR) is 222 cm³/mol. The molecule has 0 heterocycles. The van der Waals surface area contributed by atoms with Gasteiger partial charge >= 0.3 is 12.0 Å². The summed E-state index contributed by atoms with van der Waals surface area (Å²) in [5.74, 6) is -4.09. The number of phenolic OH excluding ortho intramolecular Hbond substituents is 1. The van der Waals surface area contributed by atoms with Gasteiger partial charge in [-0.05, 0) is 56.0 Å². The number of hydrogen-bond acceptors (Lipinski definition) is 15. The molecule has 2 aromatic rings. The van der Waals surface area contributed by atoms with Gasteiger partial charge in [0.1, 0.15) is 5.75 Å². The number of carbonyl (C=O) groups is 2. The van der Waals surface area contributed by atoms with Gasteiger partial charge in [-0.1, -0.05) is 6.58 Å². The molecule has 0 aliphatic carbocycles. The number of halogens is 4. The lowest BCUT2D eigenvalue weighted by Gasteiger charge is -2.12. The maximum atomic E-state index is 14.4. The standard InChI is InChI=1S/C41H59F4N5O12/c1-30(2)35-36(42)38(44)39(45)40(37(35)43)62-34(52)10-13-54-15-17-56-19-21-58-23-25-60-27-28-61-26-24-59-22-20-57-18-16-55-14-12-47-29-32(50-46)5-3-4-11-48-41(53)49-31-6-8-33(51)9-7-31/h6-9,29,51H,1,3-5,10-28,46H2,2H3,(H2,48,49,53)/b47-29?,50-32-. The zero-order chi connectivity index (χ0) is 45.2. The van der Waals surface area contributed by atoms with Crippen LogP contribution in [0.15, 0.2) is 40.9 Å². The maximum Gasteiger partial charge on any atom is 0.319 e. The summed E-state index contributed by atoms with van der Waals surface area (Å²) >= 11 is 0. The van der Waals surface area contributed by atoms with Crippen LogP contribution in [0, 0.1) is 23.3 Å². The first kappa shape index (κ1) is 53.4. The molecule has 2 amide bonds. The molecule has 62 heavy (non-hydrogen) atoms. The fourth-order valence-corrected chi connectivity index (χ4v) is 4.84. The maximum absolute atomic E-state index is 14.4. The van der Waals surface area contributed by atoms with E-state index in [0.29, 0.717) is 110 Å². The Kier molecular flexibility index (Phi) is 29.1. The molecule has 0 aliphatic rings. The van der Waals surface area contributed by atoms with Gasteiger partial charge < -0.3 is 64.2 Å². The van der Waals surface area contributed by atoms with Crippen LogP contribution in [0.4, 0.5) is 28.0 Å². The number of hydrogen-bond donors (Lipinski definition) is 4. The van der Waals surface area contributed by atoms with Crippen molar-refractivity contribution in [2.24, 2.45) is 15.9 Å². The number of allylic oxidation sites excluding steroid dienone is 1. The molecule has 0 saturated carbocycles. The molecule has 0 spiro atoms. The number of esters is 1. The average molecular weight is 890 g/mol. The number of aliphatic imine (C=N–C) groups is 1. The van der Waals surface area contributed by atoms with Crippen molar-refractivity contribution in [2.75, 3.05) is 124 Å². The van der Waals surface area contributed by atoms with Gasteiger partial charge in [0.05, 0.1) is 130 Å². The molecule has 0 unspecified atom stereocenters. The molecule has 17 nitrogen and oxygen atoms in total. The van der Waals surface area contributed by atoms with Crippen molar-refractivity contribution in [3.8, 4) is 11.5 Å². The number of urea groups is 1. The van der Waals surface area contributed by atoms with Gasteiger partial charge in [0.2, 0.25) is 11.6 Å². The van der Waals surface area contributed by atoms with E-state index in [1.165, 1.54) is 19.1 Å². The first-order valence-corrected chi connectivity index (χ1v) is 20.0. The summed E-state index contributed by atoms with van der Waals surface area (Å²) in [7, 11) is 0. The Morgan fingerprint density at radius 3 is 1.65 bits per heavy atom. The third kappa shape index (κ3) is 24.0. The number of rotatable bonds is 36. The molecule has 21 heteroatoms. The van der Waals surface area contributed by atoms with Crippen LogP contribution >= 0.6 is 0 Å². The van der Waals surface area contributed by atoms with Crippen molar-refractivity contribution in [3.63, 3.8) is 0 Å². The van der Waals surface area contributed by atoms with E-state index >= 15 is 0 Å². The highest BCUT2D eigenvalue weighted by Crippen LogP contribution is 2.33. The van der Waals surface area contributed by atoms with E-state index in [4.69, 9.17) is 43.7 Å². The van der Waals surface area contributed by atoms with Crippen molar-refractivity contribution >= 4 is 35.2 Å². The summed E-state index contributed by atoms with van der Waals surface area (Å²) in [5.41, 5.74) is 0.127. The van der Waals surface area contributed by atoms with E-state index in [9.17, 15) is 32.3 Å². The Morgan fingerprint density at radius 2 is 1.16 bits per heavy atom. The zero-order valence-corrected chi connectivity index (χ0v) is 35.1. The third-order valence-electron chi connectivity index (χ3n) is 7.96. The second kappa shape index (κ2) is 33.8. The smallest absolute Gasteiger partial charge is 0.319 e. The van der Waals surface area contributed by atoms with Crippen molar-refractivity contribution < 1.29 is 74.9 Å². The number of anilines is 1. The number of nitrogens with one attached hydrogen (secondary N) is 2. The molecule has 0 saturated heterocycles. The van der Waals surface area contributed by atoms with E-state index in [-0.39, 0.29) is 43.8 Å². The number of ether oxygens (including phenoxy) is 9. The lowest BCUT2D eigenvalue weighted by molar-refractivity contribution is -0.136. The number of unbranched alkanes of at least 4 members (excludes halogenated alkanes) is 1. The minimum absolute atomic E-state index is 0.116. The van der Waals surface area contributed by atoms with Gasteiger partial charge in [0, 0.05) is 18.4 Å². The van der Waals surface area contributed by atoms with Crippen LogP contribution in [-0.2, 0) is 42.7 Å². The Bertz CT molecular complexity index is 1660. The predicted octanol–water partition coefficient (Wildman–Crippen LogP) is 4.79. The normalized spacial score (nSPS) is 11.7. The molecule has 0 radical (unpaired) electrons. The number of nitrogens with two attached hydrogens (primary N) is 1. The molecule has 0 aromatic heterocycles. The van der Waals surface area contributed by atoms with E-state index in [1.807, 2.05) is 0 Å². The first-order chi connectivity index (χ1) is 30.0. The molecule has 348 valence electrons. The van der Waals surface area contributed by atoms with Gasteiger partial charge in [-0.15, -0.1) is 0 Å². The van der Waals surface area contributed by atoms with Crippen LogP contribution in [0.2, 0.25) is 0 Å². The molecule has 5 N–H and O–H groups in total. The van der Waals surface area contributed by atoms with E-state index in [1.54, 1.807) is 18.3 Å². The van der Waals surface area contributed by atoms with Crippen molar-refractivity contribution in [1.29, 1.82) is 0 Å². The quantitative estimate of drug-likeness (QED) is 0.00694. The summed E-state index contributed by atoms with van der Waals surface area (Å²) in [6.07, 6.45) is 3.36. The minimum Gasteiger partial charge on any atom is -0.508 e. The highest BCUT2D eigenvalue weighted by molar-refractivity contribution is 6.30. The van der Waals surface area contributed by atoms with Crippen molar-refractivity contribution in [2.45, 2.75) is 32.6 Å². The number of hydrazone groups is 1. The summed E-state index contributed by atoms with van der Waals surface area (Å²) < 4.78 is 104. The van der Waals surface area contributed by atoms with Crippen LogP contribution in [-0.4, -0.2) is 148 Å². The number of carbonyl (C=O) groups excluding carboxylic acids is 2. The molecule has 0 fully saturated rings. The second-order valence-corrected chi connectivity index (χ2v) is 12.9. The topological polar surface area (TPSA) is 212 Å². The Morgan fingerprint density at radius 1 is 0.677 bits per heavy atom. The highest BCUT2D eigenvalue weighted by atomic mass is 19.2. The Balaban J connectivity index is 1.27. The fourth-order valence-electron chi connectivity index (χ4n) is 4.84. The van der Waals surface area contributed by atoms with Crippen molar-refractivity contribution in [3.05, 3.63) is 59.7 Å². The van der Waals surface area contributed by atoms with Crippen LogP contribution in [0.3, 0.4) is 0 Å². The molecular formula is C41H59F4N5O12. The van der Waals surface area contributed by atoms with Crippen LogP contribution < -0.4 is 21.2 Å². The van der Waals surface area contributed by atoms with Crippen LogP contribution in [0.1, 0.15) is 38.2 Å². The van der Waals surface area contributed by atoms with Gasteiger partial charge in [-0.25, -0.2) is 18.0 Å². The monoisotopic (exact) mass is 889 g/mol. The lowest BCUT2D eigenvalue weighted by atomic mass is 10.1. The van der Waals surface area contributed by atoms with E-state index < -0.39 is 47.0 Å².